The molecule has 1 aliphatic carbocycles. The van der Waals surface area contributed by atoms with Crippen LogP contribution in [-0.2, 0) is 16.8 Å². The van der Waals surface area contributed by atoms with Gasteiger partial charge >= 0.3 is 5.97 Å². The minimum Gasteiger partial charge on any atom is -0.465 e. The molecule has 1 aromatic heterocycles. The molecule has 5 heteroatoms. The van der Waals surface area contributed by atoms with Crippen LogP contribution in [0.25, 0.3) is 0 Å². The third-order valence-electron chi connectivity index (χ3n) is 4.49. The molecule has 0 unspecified atom stereocenters. The van der Waals surface area contributed by atoms with Gasteiger partial charge in [-0.15, -0.1) is 0 Å². The van der Waals surface area contributed by atoms with E-state index in [0.717, 1.165) is 12.8 Å². The zero-order chi connectivity index (χ0) is 16.4. The number of esters is 1. The Morgan fingerprint density at radius 3 is 2.61 bits per heavy atom. The molecule has 0 saturated heterocycles. The summed E-state index contributed by atoms with van der Waals surface area (Å²) in [6.07, 6.45) is 3.46. The van der Waals surface area contributed by atoms with E-state index < -0.39 is 11.8 Å². The number of aromatic nitrogens is 1. The summed E-state index contributed by atoms with van der Waals surface area (Å²) in [7, 11) is 3.24. The van der Waals surface area contributed by atoms with Crippen molar-refractivity contribution >= 4 is 5.97 Å². The molecule has 1 fully saturated rings. The number of pyridine rings is 1. The third-order valence-corrected chi connectivity index (χ3v) is 4.49. The molecule has 3 rings (SSSR count). The van der Waals surface area contributed by atoms with Gasteiger partial charge in [-0.05, 0) is 31.5 Å². The van der Waals surface area contributed by atoms with Gasteiger partial charge in [-0.25, -0.2) is 9.18 Å². The number of carbonyl (C=O) groups excluding carboxylic acids is 1. The second kappa shape index (κ2) is 6.08. The first kappa shape index (κ1) is 15.6. The molecular weight excluding hydrogens is 295 g/mol. The van der Waals surface area contributed by atoms with Gasteiger partial charge in [-0.1, -0.05) is 30.3 Å². The van der Waals surface area contributed by atoms with Gasteiger partial charge in [0.15, 0.2) is 0 Å². The van der Waals surface area contributed by atoms with E-state index in [9.17, 15) is 9.18 Å². The maximum atomic E-state index is 14.2. The summed E-state index contributed by atoms with van der Waals surface area (Å²) in [5, 5.41) is 0. The van der Waals surface area contributed by atoms with Crippen molar-refractivity contribution in [3.63, 3.8) is 0 Å². The number of rotatable bonds is 5. The van der Waals surface area contributed by atoms with Crippen LogP contribution in [0.5, 0.6) is 0 Å². The summed E-state index contributed by atoms with van der Waals surface area (Å²) >= 11 is 0. The quantitative estimate of drug-likeness (QED) is 0.795. The average molecular weight is 314 g/mol. The monoisotopic (exact) mass is 314 g/mol. The molecule has 23 heavy (non-hydrogen) atoms. The number of halogens is 1. The van der Waals surface area contributed by atoms with Gasteiger partial charge in [0, 0.05) is 18.3 Å². The molecule has 0 amide bonds. The maximum absolute atomic E-state index is 14.2. The van der Waals surface area contributed by atoms with Crippen LogP contribution in [0.1, 0.15) is 34.5 Å². The number of hydrogen-bond acceptors (Lipinski definition) is 4. The lowest BCUT2D eigenvalue weighted by molar-refractivity contribution is 0.0599. The van der Waals surface area contributed by atoms with E-state index in [1.54, 1.807) is 0 Å². The minimum atomic E-state index is -0.584. The van der Waals surface area contributed by atoms with Crippen LogP contribution >= 0.6 is 0 Å². The summed E-state index contributed by atoms with van der Waals surface area (Å²) < 4.78 is 18.8. The fourth-order valence-electron chi connectivity index (χ4n) is 2.95. The van der Waals surface area contributed by atoms with Crippen LogP contribution in [0, 0.1) is 5.82 Å². The minimum absolute atomic E-state index is 0.0313. The summed E-state index contributed by atoms with van der Waals surface area (Å²) in [6, 6.07) is 11.4. The molecule has 2 aromatic rings. The predicted octanol–water partition coefficient (Wildman–Crippen LogP) is 3.13. The van der Waals surface area contributed by atoms with Gasteiger partial charge < -0.3 is 4.74 Å². The first-order chi connectivity index (χ1) is 11.1. The molecule has 0 atom stereocenters. The van der Waals surface area contributed by atoms with Gasteiger partial charge in [0.25, 0.3) is 0 Å². The maximum Gasteiger partial charge on any atom is 0.339 e. The standard InChI is InChI=1S/C18H19FN2O2/c1-21(18(8-9-18)14-6-4-3-5-7-14)12-16-15(19)10-13(11-20-16)17(22)23-2/h3-7,10-11H,8-9,12H2,1-2H3. The van der Waals surface area contributed by atoms with Crippen LogP contribution in [0.3, 0.4) is 0 Å². The molecule has 0 radical (unpaired) electrons. The van der Waals surface area contributed by atoms with Gasteiger partial charge in [0.1, 0.15) is 5.82 Å². The van der Waals surface area contributed by atoms with Crippen molar-refractivity contribution in [2.75, 3.05) is 14.2 Å². The largest absolute Gasteiger partial charge is 0.465 e. The highest BCUT2D eigenvalue weighted by molar-refractivity contribution is 5.88. The predicted molar refractivity (Wildman–Crippen MR) is 84.4 cm³/mol. The van der Waals surface area contributed by atoms with Crippen molar-refractivity contribution in [3.05, 3.63) is 65.2 Å². The number of ether oxygens (including phenoxy) is 1. The highest BCUT2D eigenvalue weighted by Gasteiger charge is 2.47. The van der Waals surface area contributed by atoms with Crippen LogP contribution < -0.4 is 0 Å². The SMILES string of the molecule is COC(=O)c1cnc(CN(C)C2(c3ccccc3)CC2)c(F)c1. The molecule has 0 N–H and O–H groups in total. The molecule has 1 aliphatic rings. The van der Waals surface area contributed by atoms with E-state index >= 15 is 0 Å². The van der Waals surface area contributed by atoms with E-state index in [2.05, 4.69) is 26.8 Å². The molecule has 0 aliphatic heterocycles. The van der Waals surface area contributed by atoms with E-state index in [-0.39, 0.29) is 11.1 Å². The molecule has 0 bridgehead atoms. The van der Waals surface area contributed by atoms with Crippen LogP contribution in [0.15, 0.2) is 42.6 Å². The van der Waals surface area contributed by atoms with E-state index in [0.29, 0.717) is 12.2 Å². The van der Waals surface area contributed by atoms with Crippen LogP contribution in [-0.4, -0.2) is 30.0 Å². The lowest BCUT2D eigenvalue weighted by Gasteiger charge is -2.28. The molecule has 0 spiro atoms. The molecule has 1 aromatic carbocycles. The third kappa shape index (κ3) is 2.97. The van der Waals surface area contributed by atoms with Gasteiger partial charge in [0.05, 0.1) is 18.4 Å². The topological polar surface area (TPSA) is 42.4 Å². The Kier molecular flexibility index (Phi) is 4.13. The normalized spacial score (nSPS) is 15.5. The average Bonchev–Trinajstić information content (AvgIpc) is 3.38. The Labute approximate surface area is 134 Å². The molecule has 120 valence electrons. The summed E-state index contributed by atoms with van der Waals surface area (Å²) in [5.41, 5.74) is 1.67. The zero-order valence-corrected chi connectivity index (χ0v) is 13.3. The van der Waals surface area contributed by atoms with Crippen molar-refractivity contribution in [2.45, 2.75) is 24.9 Å². The number of hydrogen-bond donors (Lipinski definition) is 0. The molecular formula is C18H19FN2O2. The van der Waals surface area contributed by atoms with E-state index in [4.69, 9.17) is 0 Å². The van der Waals surface area contributed by atoms with Crippen molar-refractivity contribution in [2.24, 2.45) is 0 Å². The number of benzene rings is 1. The Balaban J connectivity index is 1.78. The van der Waals surface area contributed by atoms with Crippen molar-refractivity contribution < 1.29 is 13.9 Å². The zero-order valence-electron chi connectivity index (χ0n) is 13.3. The first-order valence-corrected chi connectivity index (χ1v) is 7.56. The molecule has 4 nitrogen and oxygen atoms in total. The first-order valence-electron chi connectivity index (χ1n) is 7.56. The molecule has 1 saturated carbocycles. The summed E-state index contributed by atoms with van der Waals surface area (Å²) in [6.45, 7) is 0.391. The lowest BCUT2D eigenvalue weighted by Crippen LogP contribution is -2.31. The van der Waals surface area contributed by atoms with Gasteiger partial charge in [-0.2, -0.15) is 0 Å². The Bertz CT molecular complexity index is 714. The fourth-order valence-corrected chi connectivity index (χ4v) is 2.95. The van der Waals surface area contributed by atoms with E-state index in [1.165, 1.54) is 24.9 Å². The highest BCUT2D eigenvalue weighted by atomic mass is 19.1. The van der Waals surface area contributed by atoms with Crippen molar-refractivity contribution in [3.8, 4) is 0 Å². The second-order valence-corrected chi connectivity index (χ2v) is 5.90. The van der Waals surface area contributed by atoms with E-state index in [1.807, 2.05) is 25.2 Å². The van der Waals surface area contributed by atoms with Crippen molar-refractivity contribution in [1.82, 2.24) is 9.88 Å². The van der Waals surface area contributed by atoms with Crippen molar-refractivity contribution in [1.29, 1.82) is 0 Å². The van der Waals surface area contributed by atoms with Gasteiger partial charge in [-0.3, -0.25) is 9.88 Å². The summed E-state index contributed by atoms with van der Waals surface area (Å²) in [4.78, 5) is 17.6. The molecule has 1 heterocycles. The highest BCUT2D eigenvalue weighted by Crippen LogP contribution is 2.50. The Hall–Kier alpha value is -2.27. The fraction of sp³-hybridized carbons (Fsp3) is 0.333. The number of nitrogens with zero attached hydrogens (tertiary/aromatic N) is 2. The second-order valence-electron chi connectivity index (χ2n) is 5.90. The van der Waals surface area contributed by atoms with Crippen LogP contribution in [0.2, 0.25) is 0 Å². The number of carbonyl (C=O) groups is 1. The van der Waals surface area contributed by atoms with Crippen LogP contribution in [0.4, 0.5) is 4.39 Å². The smallest absolute Gasteiger partial charge is 0.339 e. The summed E-state index contributed by atoms with van der Waals surface area (Å²) in [5.74, 6) is -1.07. The number of methoxy groups -OCH3 is 1. The Morgan fingerprint density at radius 1 is 1.35 bits per heavy atom. The van der Waals surface area contributed by atoms with Gasteiger partial charge in [0.2, 0.25) is 0 Å². The Morgan fingerprint density at radius 2 is 2.04 bits per heavy atom. The lowest BCUT2D eigenvalue weighted by atomic mass is 10.0.